The molecule has 1 aromatic rings. The Hall–Kier alpha value is -2.08. The van der Waals surface area contributed by atoms with Crippen molar-refractivity contribution in [3.05, 3.63) is 24.3 Å². The number of piperidine rings is 2. The van der Waals surface area contributed by atoms with Crippen LogP contribution >= 0.6 is 0 Å². The van der Waals surface area contributed by atoms with Crippen molar-refractivity contribution in [1.82, 2.24) is 9.80 Å². The number of anilines is 2. The van der Waals surface area contributed by atoms with Gasteiger partial charge in [0.1, 0.15) is 5.54 Å². The van der Waals surface area contributed by atoms with Crippen molar-refractivity contribution >= 4 is 23.2 Å². The molecule has 6 heteroatoms. The molecule has 2 amide bonds. The molecule has 146 valence electrons. The minimum absolute atomic E-state index is 0.0789. The first-order valence-corrected chi connectivity index (χ1v) is 10.2. The Morgan fingerprint density at radius 1 is 1.07 bits per heavy atom. The number of benzene rings is 1. The number of rotatable bonds is 2. The molecule has 0 atom stereocenters. The Labute approximate surface area is 161 Å². The molecular formula is C21H30N4O2. The number of hydrogen-bond donors (Lipinski definition) is 2. The van der Waals surface area contributed by atoms with Gasteiger partial charge in [0.2, 0.25) is 11.8 Å². The Bertz CT molecular complexity index is 717. The van der Waals surface area contributed by atoms with Gasteiger partial charge in [-0.15, -0.1) is 0 Å². The molecule has 0 radical (unpaired) electrons. The lowest BCUT2D eigenvalue weighted by Crippen LogP contribution is -2.60. The molecule has 2 saturated heterocycles. The number of nitrogens with one attached hydrogen (secondary N) is 2. The van der Waals surface area contributed by atoms with Gasteiger partial charge in [-0.25, -0.2) is 0 Å². The molecule has 2 N–H and O–H groups in total. The zero-order valence-corrected chi connectivity index (χ0v) is 16.3. The second kappa shape index (κ2) is 7.15. The molecule has 0 unspecified atom stereocenters. The minimum atomic E-state index is -0.487. The van der Waals surface area contributed by atoms with E-state index in [4.69, 9.17) is 0 Å². The Morgan fingerprint density at radius 2 is 1.70 bits per heavy atom. The van der Waals surface area contributed by atoms with Gasteiger partial charge < -0.3 is 20.4 Å². The fourth-order valence-corrected chi connectivity index (χ4v) is 4.70. The lowest BCUT2D eigenvalue weighted by atomic mass is 9.83. The number of likely N-dealkylation sites (tertiary alicyclic amines) is 2. The van der Waals surface area contributed by atoms with Crippen LogP contribution in [0, 0.1) is 5.92 Å². The highest BCUT2D eigenvalue weighted by Gasteiger charge is 2.45. The monoisotopic (exact) mass is 370 g/mol. The van der Waals surface area contributed by atoms with Crippen LogP contribution in [0.25, 0.3) is 0 Å². The molecular weight excluding hydrogens is 340 g/mol. The molecule has 3 aliphatic rings. The first-order valence-electron chi connectivity index (χ1n) is 10.2. The first-order chi connectivity index (χ1) is 13.0. The first kappa shape index (κ1) is 18.3. The highest BCUT2D eigenvalue weighted by Crippen LogP contribution is 2.37. The molecule has 0 aromatic heterocycles. The Balaban J connectivity index is 1.35. The molecule has 0 aliphatic carbocycles. The van der Waals surface area contributed by atoms with E-state index in [0.717, 1.165) is 63.2 Å². The summed E-state index contributed by atoms with van der Waals surface area (Å²) in [5.41, 5.74) is 1.41. The number of hydrogen-bond acceptors (Lipinski definition) is 4. The minimum Gasteiger partial charge on any atom is -0.369 e. The maximum Gasteiger partial charge on any atom is 0.250 e. The van der Waals surface area contributed by atoms with E-state index in [9.17, 15) is 9.59 Å². The van der Waals surface area contributed by atoms with Crippen LogP contribution in [-0.2, 0) is 9.59 Å². The van der Waals surface area contributed by atoms with Gasteiger partial charge in [-0.3, -0.25) is 9.59 Å². The molecule has 1 aromatic carbocycles. The van der Waals surface area contributed by atoms with Crippen LogP contribution in [0.5, 0.6) is 0 Å². The molecule has 4 rings (SSSR count). The van der Waals surface area contributed by atoms with Crippen LogP contribution in [0.15, 0.2) is 24.3 Å². The number of amides is 2. The van der Waals surface area contributed by atoms with Gasteiger partial charge in [0.25, 0.3) is 0 Å². The number of carbonyl (C=O) groups excluding carboxylic acids is 2. The SMILES string of the molecule is CC(C)C(=O)N1CCC(N2CCC3(CC2)Nc2ccccc2NC3=O)CC1. The van der Waals surface area contributed by atoms with Gasteiger partial charge in [0.05, 0.1) is 11.4 Å². The highest BCUT2D eigenvalue weighted by atomic mass is 16.2. The predicted octanol–water partition coefficient (Wildman–Crippen LogP) is 2.53. The van der Waals surface area contributed by atoms with Crippen LogP contribution in [0.3, 0.4) is 0 Å². The fraction of sp³-hybridized carbons (Fsp3) is 0.619. The van der Waals surface area contributed by atoms with Crippen LogP contribution < -0.4 is 10.6 Å². The average molecular weight is 370 g/mol. The van der Waals surface area contributed by atoms with Gasteiger partial charge in [0, 0.05) is 38.1 Å². The van der Waals surface area contributed by atoms with Crippen molar-refractivity contribution in [2.75, 3.05) is 36.8 Å². The number of nitrogens with zero attached hydrogens (tertiary/aromatic N) is 2. The topological polar surface area (TPSA) is 64.7 Å². The molecule has 1 spiro atoms. The van der Waals surface area contributed by atoms with E-state index < -0.39 is 5.54 Å². The molecule has 3 heterocycles. The van der Waals surface area contributed by atoms with E-state index in [2.05, 4.69) is 15.5 Å². The van der Waals surface area contributed by atoms with Crippen molar-refractivity contribution in [3.63, 3.8) is 0 Å². The third kappa shape index (κ3) is 3.43. The third-order valence-electron chi connectivity index (χ3n) is 6.42. The summed E-state index contributed by atoms with van der Waals surface area (Å²) in [4.78, 5) is 29.5. The number of para-hydroxylation sites is 2. The van der Waals surface area contributed by atoms with E-state index in [-0.39, 0.29) is 17.7 Å². The van der Waals surface area contributed by atoms with Crippen LogP contribution in [0.4, 0.5) is 11.4 Å². The van der Waals surface area contributed by atoms with E-state index in [1.54, 1.807) is 0 Å². The quantitative estimate of drug-likeness (QED) is 0.840. The second-order valence-electron chi connectivity index (χ2n) is 8.45. The van der Waals surface area contributed by atoms with Crippen molar-refractivity contribution in [1.29, 1.82) is 0 Å². The molecule has 3 aliphatic heterocycles. The Morgan fingerprint density at radius 3 is 2.33 bits per heavy atom. The standard InChI is InChI=1S/C21H30N4O2/c1-15(2)19(26)25-11-7-16(8-12-25)24-13-9-21(10-14-24)20(27)22-17-5-3-4-6-18(17)23-21/h3-6,15-16,23H,7-14H2,1-2H3,(H,22,27). The van der Waals surface area contributed by atoms with E-state index in [1.165, 1.54) is 0 Å². The lowest BCUT2D eigenvalue weighted by Gasteiger charge is -2.47. The van der Waals surface area contributed by atoms with Gasteiger partial charge in [-0.2, -0.15) is 0 Å². The predicted molar refractivity (Wildman–Crippen MR) is 107 cm³/mol. The lowest BCUT2D eigenvalue weighted by molar-refractivity contribution is -0.136. The maximum absolute atomic E-state index is 12.8. The summed E-state index contributed by atoms with van der Waals surface area (Å²) in [5.74, 6) is 0.446. The maximum atomic E-state index is 12.8. The average Bonchev–Trinajstić information content (AvgIpc) is 2.69. The van der Waals surface area contributed by atoms with E-state index in [0.29, 0.717) is 6.04 Å². The second-order valence-corrected chi connectivity index (χ2v) is 8.45. The summed E-state index contributed by atoms with van der Waals surface area (Å²) in [6.07, 6.45) is 3.71. The Kier molecular flexibility index (Phi) is 4.84. The molecule has 0 saturated carbocycles. The van der Waals surface area contributed by atoms with Crippen molar-refractivity contribution in [3.8, 4) is 0 Å². The van der Waals surface area contributed by atoms with Crippen molar-refractivity contribution in [2.45, 2.75) is 51.1 Å². The zero-order valence-electron chi connectivity index (χ0n) is 16.3. The molecule has 0 bridgehead atoms. The molecule has 2 fully saturated rings. The zero-order chi connectivity index (χ0) is 19.0. The number of carbonyl (C=O) groups is 2. The summed E-state index contributed by atoms with van der Waals surface area (Å²) >= 11 is 0. The van der Waals surface area contributed by atoms with Gasteiger partial charge >= 0.3 is 0 Å². The largest absolute Gasteiger partial charge is 0.369 e. The highest BCUT2D eigenvalue weighted by molar-refractivity contribution is 6.06. The summed E-state index contributed by atoms with van der Waals surface area (Å²) < 4.78 is 0. The molecule has 27 heavy (non-hydrogen) atoms. The summed E-state index contributed by atoms with van der Waals surface area (Å²) in [7, 11) is 0. The number of fused-ring (bicyclic) bond motifs is 1. The summed E-state index contributed by atoms with van der Waals surface area (Å²) in [6, 6.07) is 8.44. The van der Waals surface area contributed by atoms with Gasteiger partial charge in [0.15, 0.2) is 0 Å². The summed E-state index contributed by atoms with van der Waals surface area (Å²) in [6.45, 7) is 7.50. The van der Waals surface area contributed by atoms with Gasteiger partial charge in [-0.05, 0) is 37.8 Å². The van der Waals surface area contributed by atoms with E-state index in [1.807, 2.05) is 43.0 Å². The van der Waals surface area contributed by atoms with Gasteiger partial charge in [-0.1, -0.05) is 26.0 Å². The normalized spacial score (nSPS) is 23.1. The van der Waals surface area contributed by atoms with Crippen LogP contribution in [0.2, 0.25) is 0 Å². The van der Waals surface area contributed by atoms with Crippen LogP contribution in [-0.4, -0.2) is 59.4 Å². The smallest absolute Gasteiger partial charge is 0.250 e. The molecule has 6 nitrogen and oxygen atoms in total. The van der Waals surface area contributed by atoms with Crippen molar-refractivity contribution < 1.29 is 9.59 Å². The van der Waals surface area contributed by atoms with Crippen LogP contribution in [0.1, 0.15) is 39.5 Å². The van der Waals surface area contributed by atoms with E-state index >= 15 is 0 Å². The fourth-order valence-electron chi connectivity index (χ4n) is 4.70. The summed E-state index contributed by atoms with van der Waals surface area (Å²) in [5, 5.41) is 6.61. The third-order valence-corrected chi connectivity index (χ3v) is 6.42. The van der Waals surface area contributed by atoms with Crippen molar-refractivity contribution in [2.24, 2.45) is 5.92 Å².